The lowest BCUT2D eigenvalue weighted by molar-refractivity contribution is -0.140. The van der Waals surface area contributed by atoms with E-state index in [4.69, 9.17) is 0 Å². The van der Waals surface area contributed by atoms with E-state index in [0.717, 1.165) is 17.1 Å². The molecule has 0 aromatic carbocycles. The summed E-state index contributed by atoms with van der Waals surface area (Å²) in [5, 5.41) is 1.80. The summed E-state index contributed by atoms with van der Waals surface area (Å²) >= 11 is 0. The Kier molecular flexibility index (Phi) is 8.62. The molecule has 0 aromatic heterocycles. The van der Waals surface area contributed by atoms with Crippen molar-refractivity contribution in [2.24, 2.45) is 0 Å². The van der Waals surface area contributed by atoms with E-state index >= 15 is 0 Å². The van der Waals surface area contributed by atoms with Crippen LogP contribution >= 0.6 is 0 Å². The van der Waals surface area contributed by atoms with Gasteiger partial charge < -0.3 is 5.32 Å². The maximum absolute atomic E-state index is 12.9. The average molecular weight is 387 g/mol. The molecular formula is C15H28F3N3O3S. The number of hydrogen-bond acceptors (Lipinski definition) is 3. The number of nitrogens with one attached hydrogen (secondary N) is 1. The molecule has 1 atom stereocenters. The first-order valence-electron chi connectivity index (χ1n) is 8.74. The van der Waals surface area contributed by atoms with Crippen molar-refractivity contribution in [3.8, 4) is 0 Å². The molecule has 1 saturated heterocycles. The highest BCUT2D eigenvalue weighted by molar-refractivity contribution is 7.86. The number of alkyl halides is 3. The summed E-state index contributed by atoms with van der Waals surface area (Å²) in [5.74, 6) is -0.885. The van der Waals surface area contributed by atoms with Crippen LogP contribution < -0.4 is 5.32 Å². The SMILES string of the molecule is CCCCN(CCCC)S(=O)(=O)N1CCCC1C(=O)NCC(F)(F)F. The van der Waals surface area contributed by atoms with Crippen LogP contribution in [0.4, 0.5) is 13.2 Å². The molecule has 1 aliphatic heterocycles. The Hall–Kier alpha value is -0.870. The van der Waals surface area contributed by atoms with Crippen LogP contribution in [0.15, 0.2) is 0 Å². The van der Waals surface area contributed by atoms with Gasteiger partial charge in [-0.1, -0.05) is 26.7 Å². The number of nitrogens with zero attached hydrogens (tertiary/aromatic N) is 2. The van der Waals surface area contributed by atoms with Gasteiger partial charge in [0.2, 0.25) is 5.91 Å². The lowest BCUT2D eigenvalue weighted by Crippen LogP contribution is -2.52. The normalized spacial score (nSPS) is 19.5. The minimum absolute atomic E-state index is 0.154. The van der Waals surface area contributed by atoms with Gasteiger partial charge in [-0.25, -0.2) is 0 Å². The summed E-state index contributed by atoms with van der Waals surface area (Å²) in [7, 11) is -3.87. The van der Waals surface area contributed by atoms with E-state index in [0.29, 0.717) is 32.4 Å². The van der Waals surface area contributed by atoms with E-state index < -0.39 is 34.9 Å². The molecule has 10 heteroatoms. The van der Waals surface area contributed by atoms with E-state index in [1.165, 1.54) is 4.31 Å². The lowest BCUT2D eigenvalue weighted by Gasteiger charge is -2.30. The summed E-state index contributed by atoms with van der Waals surface area (Å²) < 4.78 is 65.1. The maximum atomic E-state index is 12.9. The topological polar surface area (TPSA) is 69.7 Å². The van der Waals surface area contributed by atoms with Crippen LogP contribution in [0, 0.1) is 0 Å². The number of carbonyl (C=O) groups excluding carboxylic acids is 1. The third-order valence-electron chi connectivity index (χ3n) is 4.11. The Bertz CT molecular complexity index is 518. The van der Waals surface area contributed by atoms with Crippen molar-refractivity contribution < 1.29 is 26.4 Å². The first kappa shape index (κ1) is 22.2. The molecule has 1 N–H and O–H groups in total. The van der Waals surface area contributed by atoms with Crippen molar-refractivity contribution in [2.75, 3.05) is 26.2 Å². The van der Waals surface area contributed by atoms with Crippen molar-refractivity contribution in [1.29, 1.82) is 0 Å². The van der Waals surface area contributed by atoms with Gasteiger partial charge in [0.05, 0.1) is 0 Å². The van der Waals surface area contributed by atoms with Crippen LogP contribution in [0.2, 0.25) is 0 Å². The fraction of sp³-hybridized carbons (Fsp3) is 0.933. The van der Waals surface area contributed by atoms with Crippen molar-refractivity contribution in [3.63, 3.8) is 0 Å². The minimum Gasteiger partial charge on any atom is -0.346 e. The largest absolute Gasteiger partial charge is 0.405 e. The van der Waals surface area contributed by atoms with Crippen LogP contribution in [0.25, 0.3) is 0 Å². The first-order valence-corrected chi connectivity index (χ1v) is 10.1. The molecule has 1 rings (SSSR count). The zero-order valence-corrected chi connectivity index (χ0v) is 15.6. The lowest BCUT2D eigenvalue weighted by atomic mass is 10.2. The van der Waals surface area contributed by atoms with E-state index in [-0.39, 0.29) is 13.0 Å². The number of halogens is 3. The highest BCUT2D eigenvalue weighted by Gasteiger charge is 2.42. The second-order valence-electron chi connectivity index (χ2n) is 6.22. The Morgan fingerprint density at radius 2 is 1.76 bits per heavy atom. The van der Waals surface area contributed by atoms with Gasteiger partial charge in [-0.2, -0.15) is 30.2 Å². The third-order valence-corrected chi connectivity index (χ3v) is 6.16. The molecule has 1 amide bonds. The molecule has 0 radical (unpaired) electrons. The molecule has 1 unspecified atom stereocenters. The summed E-state index contributed by atoms with van der Waals surface area (Å²) in [6.07, 6.45) is -0.784. The van der Waals surface area contributed by atoms with E-state index in [9.17, 15) is 26.4 Å². The van der Waals surface area contributed by atoms with Crippen molar-refractivity contribution >= 4 is 16.1 Å². The molecule has 0 saturated carbocycles. The summed E-state index contributed by atoms with van der Waals surface area (Å²) in [5.41, 5.74) is 0. The fourth-order valence-electron chi connectivity index (χ4n) is 2.74. The van der Waals surface area contributed by atoms with Crippen LogP contribution in [-0.4, -0.2) is 61.3 Å². The van der Waals surface area contributed by atoms with Gasteiger partial charge in [-0.3, -0.25) is 4.79 Å². The number of amides is 1. The maximum Gasteiger partial charge on any atom is 0.405 e. The van der Waals surface area contributed by atoms with Crippen molar-refractivity contribution in [3.05, 3.63) is 0 Å². The van der Waals surface area contributed by atoms with Crippen LogP contribution in [0.5, 0.6) is 0 Å². The second-order valence-corrected chi connectivity index (χ2v) is 8.10. The van der Waals surface area contributed by atoms with Crippen molar-refractivity contribution in [2.45, 2.75) is 64.6 Å². The molecule has 0 bridgehead atoms. The quantitative estimate of drug-likeness (QED) is 0.625. The molecule has 25 heavy (non-hydrogen) atoms. The average Bonchev–Trinajstić information content (AvgIpc) is 3.02. The van der Waals surface area contributed by atoms with Crippen LogP contribution in [0.1, 0.15) is 52.4 Å². The highest BCUT2D eigenvalue weighted by atomic mass is 32.2. The Morgan fingerprint density at radius 3 is 2.24 bits per heavy atom. The van der Waals surface area contributed by atoms with E-state index in [2.05, 4.69) is 0 Å². The number of unbranched alkanes of at least 4 members (excludes halogenated alkanes) is 2. The molecule has 148 valence electrons. The van der Waals surface area contributed by atoms with Gasteiger partial charge in [0.15, 0.2) is 0 Å². The number of rotatable bonds is 10. The molecule has 0 spiro atoms. The van der Waals surface area contributed by atoms with Gasteiger partial charge in [0, 0.05) is 19.6 Å². The number of carbonyl (C=O) groups is 1. The third kappa shape index (κ3) is 6.74. The predicted octanol–water partition coefficient (Wildman–Crippen LogP) is 2.28. The standard InChI is InChI=1S/C15H28F3N3O3S/c1-3-5-9-20(10-6-4-2)25(23,24)21-11-7-8-13(21)14(22)19-12-15(16,17)18/h13H,3-12H2,1-2H3,(H,19,22). The second kappa shape index (κ2) is 9.72. The zero-order valence-electron chi connectivity index (χ0n) is 14.8. The number of hydrogen-bond donors (Lipinski definition) is 1. The smallest absolute Gasteiger partial charge is 0.346 e. The predicted molar refractivity (Wildman–Crippen MR) is 89.1 cm³/mol. The highest BCUT2D eigenvalue weighted by Crippen LogP contribution is 2.24. The van der Waals surface area contributed by atoms with Crippen LogP contribution in [-0.2, 0) is 15.0 Å². The molecule has 6 nitrogen and oxygen atoms in total. The van der Waals surface area contributed by atoms with Gasteiger partial charge in [0.25, 0.3) is 10.2 Å². The van der Waals surface area contributed by atoms with E-state index in [1.807, 2.05) is 13.8 Å². The van der Waals surface area contributed by atoms with Gasteiger partial charge in [-0.15, -0.1) is 0 Å². The molecule has 1 heterocycles. The first-order chi connectivity index (χ1) is 11.6. The molecule has 1 fully saturated rings. The Labute approximate surface area is 147 Å². The van der Waals surface area contributed by atoms with Gasteiger partial charge in [0.1, 0.15) is 12.6 Å². The van der Waals surface area contributed by atoms with Crippen molar-refractivity contribution in [1.82, 2.24) is 13.9 Å². The molecular weight excluding hydrogens is 359 g/mol. The summed E-state index contributed by atoms with van der Waals surface area (Å²) in [4.78, 5) is 12.1. The van der Waals surface area contributed by atoms with Crippen LogP contribution in [0.3, 0.4) is 0 Å². The Balaban J connectivity index is 2.86. The minimum atomic E-state index is -4.52. The molecule has 0 aliphatic carbocycles. The van der Waals surface area contributed by atoms with E-state index in [1.54, 1.807) is 5.32 Å². The van der Waals surface area contributed by atoms with Gasteiger partial charge in [-0.05, 0) is 25.7 Å². The zero-order chi connectivity index (χ0) is 19.1. The van der Waals surface area contributed by atoms with Gasteiger partial charge >= 0.3 is 6.18 Å². The summed E-state index contributed by atoms with van der Waals surface area (Å²) in [6.45, 7) is 3.31. The molecule has 1 aliphatic rings. The molecule has 0 aromatic rings. The monoisotopic (exact) mass is 387 g/mol. The summed E-state index contributed by atoms with van der Waals surface area (Å²) in [6, 6.07) is -1.07. The Morgan fingerprint density at radius 1 is 1.20 bits per heavy atom. The fourth-order valence-corrected chi connectivity index (χ4v) is 4.64.